The molecule has 2 aliphatic rings. The first kappa shape index (κ1) is 21.0. The lowest BCUT2D eigenvalue weighted by atomic mass is 9.97. The maximum Gasteiger partial charge on any atom is 0.319 e. The van der Waals surface area contributed by atoms with Crippen molar-refractivity contribution in [3.8, 4) is 11.5 Å². The Bertz CT molecular complexity index is 929. The van der Waals surface area contributed by atoms with E-state index in [1.54, 1.807) is 0 Å². The van der Waals surface area contributed by atoms with Crippen LogP contribution in [0.3, 0.4) is 0 Å². The number of carbonyl (C=O) groups is 2. The van der Waals surface area contributed by atoms with Gasteiger partial charge < -0.3 is 25.0 Å². The second kappa shape index (κ2) is 9.73. The summed E-state index contributed by atoms with van der Waals surface area (Å²) >= 11 is 0. The van der Waals surface area contributed by atoms with E-state index >= 15 is 0 Å². The van der Waals surface area contributed by atoms with Gasteiger partial charge in [0.15, 0.2) is 11.5 Å². The van der Waals surface area contributed by atoms with Crippen LogP contribution in [0.4, 0.5) is 10.5 Å². The maximum atomic E-state index is 12.8. The average molecular weight is 424 g/mol. The fourth-order valence-corrected chi connectivity index (χ4v) is 3.99. The Labute approximate surface area is 182 Å². The molecule has 0 aliphatic carbocycles. The second-order valence-electron chi connectivity index (χ2n) is 8.20. The molecule has 1 atom stereocenters. The van der Waals surface area contributed by atoms with Crippen LogP contribution in [0.1, 0.15) is 24.0 Å². The molecule has 4 rings (SSSR count). The van der Waals surface area contributed by atoms with Crippen LogP contribution >= 0.6 is 0 Å². The number of rotatable bonds is 5. The third kappa shape index (κ3) is 5.69. The molecule has 2 N–H and O–H groups in total. The van der Waals surface area contributed by atoms with Crippen LogP contribution in [0.5, 0.6) is 11.5 Å². The predicted octanol–water partition coefficient (Wildman–Crippen LogP) is 3.37. The average Bonchev–Trinajstić information content (AvgIpc) is 2.79. The molecule has 1 saturated heterocycles. The van der Waals surface area contributed by atoms with Crippen LogP contribution in [0, 0.1) is 12.8 Å². The molecule has 164 valence electrons. The summed E-state index contributed by atoms with van der Waals surface area (Å²) in [5.74, 6) is 1.79. The zero-order chi connectivity index (χ0) is 21.6. The van der Waals surface area contributed by atoms with E-state index in [1.165, 1.54) is 0 Å². The lowest BCUT2D eigenvalue weighted by Crippen LogP contribution is -2.44. The Hall–Kier alpha value is -3.22. The van der Waals surface area contributed by atoms with Gasteiger partial charge in [-0.25, -0.2) is 4.79 Å². The van der Waals surface area contributed by atoms with Gasteiger partial charge in [0.1, 0.15) is 13.2 Å². The summed E-state index contributed by atoms with van der Waals surface area (Å²) in [6.07, 6.45) is 2.28. The van der Waals surface area contributed by atoms with Crippen molar-refractivity contribution in [2.45, 2.75) is 26.2 Å². The number of piperidine rings is 1. The molecule has 1 unspecified atom stereocenters. The molecular formula is C24H29N3O4. The fourth-order valence-electron chi connectivity index (χ4n) is 3.99. The standard InChI is InChI=1S/C24H29N3O4/c1-17-4-7-20(8-5-17)26-24(29)25-15-19-3-2-10-27(16-19)23(28)14-18-6-9-21-22(13-18)31-12-11-30-21/h4-9,13,19H,2-3,10-12,14-16H2,1H3,(H2,25,26,29). The van der Waals surface area contributed by atoms with E-state index in [1.807, 2.05) is 54.3 Å². The Morgan fingerprint density at radius 3 is 2.65 bits per heavy atom. The monoisotopic (exact) mass is 423 g/mol. The third-order valence-electron chi connectivity index (χ3n) is 5.69. The molecule has 2 aromatic rings. The third-order valence-corrected chi connectivity index (χ3v) is 5.69. The van der Waals surface area contributed by atoms with Crippen LogP contribution in [-0.2, 0) is 11.2 Å². The number of amides is 3. The van der Waals surface area contributed by atoms with Gasteiger partial charge in [0, 0.05) is 25.3 Å². The van der Waals surface area contributed by atoms with Crippen LogP contribution in [0.25, 0.3) is 0 Å². The first-order valence-corrected chi connectivity index (χ1v) is 10.8. The molecule has 0 aromatic heterocycles. The SMILES string of the molecule is Cc1ccc(NC(=O)NCC2CCCN(C(=O)Cc3ccc4c(c3)OCCO4)C2)cc1. The van der Waals surface area contributed by atoms with Crippen LogP contribution in [0.2, 0.25) is 0 Å². The smallest absolute Gasteiger partial charge is 0.319 e. The molecule has 2 aromatic carbocycles. The van der Waals surface area contributed by atoms with E-state index in [0.717, 1.165) is 42.0 Å². The van der Waals surface area contributed by atoms with Crippen molar-refractivity contribution in [2.75, 3.05) is 38.2 Å². The number of fused-ring (bicyclic) bond motifs is 1. The number of nitrogens with one attached hydrogen (secondary N) is 2. The van der Waals surface area contributed by atoms with Gasteiger partial charge in [-0.15, -0.1) is 0 Å². The largest absolute Gasteiger partial charge is 0.486 e. The second-order valence-corrected chi connectivity index (χ2v) is 8.20. The molecule has 1 fully saturated rings. The van der Waals surface area contributed by atoms with Gasteiger partial charge >= 0.3 is 6.03 Å². The van der Waals surface area contributed by atoms with E-state index in [2.05, 4.69) is 10.6 Å². The van der Waals surface area contributed by atoms with Gasteiger partial charge in [-0.2, -0.15) is 0 Å². The van der Waals surface area contributed by atoms with Crippen molar-refractivity contribution in [3.63, 3.8) is 0 Å². The number of likely N-dealkylation sites (tertiary alicyclic amines) is 1. The Balaban J connectivity index is 1.25. The summed E-state index contributed by atoms with van der Waals surface area (Å²) in [5, 5.41) is 5.79. The van der Waals surface area contributed by atoms with E-state index in [4.69, 9.17) is 9.47 Å². The van der Waals surface area contributed by atoms with Crippen molar-refractivity contribution in [2.24, 2.45) is 5.92 Å². The molecule has 0 spiro atoms. The van der Waals surface area contributed by atoms with E-state index < -0.39 is 0 Å². The number of urea groups is 1. The fraction of sp³-hybridized carbons (Fsp3) is 0.417. The zero-order valence-corrected chi connectivity index (χ0v) is 17.9. The summed E-state index contributed by atoms with van der Waals surface area (Å²) in [5.41, 5.74) is 2.84. The van der Waals surface area contributed by atoms with Crippen LogP contribution in [-0.4, -0.2) is 49.7 Å². The minimum atomic E-state index is -0.219. The van der Waals surface area contributed by atoms with Crippen molar-refractivity contribution >= 4 is 17.6 Å². The molecular weight excluding hydrogens is 394 g/mol. The lowest BCUT2D eigenvalue weighted by Gasteiger charge is -2.33. The Morgan fingerprint density at radius 2 is 1.84 bits per heavy atom. The summed E-state index contributed by atoms with van der Waals surface area (Å²) < 4.78 is 11.2. The van der Waals surface area contributed by atoms with Crippen molar-refractivity contribution in [1.82, 2.24) is 10.2 Å². The van der Waals surface area contributed by atoms with Gasteiger partial charge in [-0.3, -0.25) is 4.79 Å². The highest BCUT2D eigenvalue weighted by Crippen LogP contribution is 2.31. The number of aryl methyl sites for hydroxylation is 1. The van der Waals surface area contributed by atoms with Crippen LogP contribution < -0.4 is 20.1 Å². The number of carbonyl (C=O) groups excluding carboxylic acids is 2. The summed E-state index contributed by atoms with van der Waals surface area (Å²) in [4.78, 5) is 26.9. The molecule has 31 heavy (non-hydrogen) atoms. The molecule has 0 bridgehead atoms. The van der Waals surface area contributed by atoms with Crippen molar-refractivity contribution in [3.05, 3.63) is 53.6 Å². The summed E-state index contributed by atoms with van der Waals surface area (Å²) in [6, 6.07) is 13.1. The first-order valence-electron chi connectivity index (χ1n) is 10.8. The first-order chi connectivity index (χ1) is 15.1. The molecule has 3 amide bonds. The number of hydrogen-bond donors (Lipinski definition) is 2. The Morgan fingerprint density at radius 1 is 1.06 bits per heavy atom. The van der Waals surface area contributed by atoms with Crippen molar-refractivity contribution < 1.29 is 19.1 Å². The predicted molar refractivity (Wildman–Crippen MR) is 119 cm³/mol. The maximum absolute atomic E-state index is 12.8. The number of ether oxygens (including phenoxy) is 2. The minimum Gasteiger partial charge on any atom is -0.486 e. The quantitative estimate of drug-likeness (QED) is 0.773. The van der Waals surface area contributed by atoms with Crippen molar-refractivity contribution in [1.29, 1.82) is 0 Å². The number of nitrogens with zero attached hydrogens (tertiary/aromatic N) is 1. The highest BCUT2D eigenvalue weighted by atomic mass is 16.6. The zero-order valence-electron chi connectivity index (χ0n) is 17.9. The normalized spacial score (nSPS) is 17.7. The number of anilines is 1. The van der Waals surface area contributed by atoms with E-state index in [-0.39, 0.29) is 17.9 Å². The van der Waals surface area contributed by atoms with Gasteiger partial charge in [-0.1, -0.05) is 23.8 Å². The molecule has 0 radical (unpaired) electrons. The van der Waals surface area contributed by atoms with Gasteiger partial charge in [-0.05, 0) is 55.5 Å². The number of benzene rings is 2. The molecule has 7 nitrogen and oxygen atoms in total. The highest BCUT2D eigenvalue weighted by molar-refractivity contribution is 5.89. The molecule has 7 heteroatoms. The van der Waals surface area contributed by atoms with Gasteiger partial charge in [0.2, 0.25) is 5.91 Å². The Kier molecular flexibility index (Phi) is 6.60. The van der Waals surface area contributed by atoms with Gasteiger partial charge in [0.25, 0.3) is 0 Å². The molecule has 2 heterocycles. The summed E-state index contributed by atoms with van der Waals surface area (Å²) in [6.45, 7) is 5.06. The minimum absolute atomic E-state index is 0.102. The lowest BCUT2D eigenvalue weighted by molar-refractivity contribution is -0.132. The topological polar surface area (TPSA) is 79.9 Å². The van der Waals surface area contributed by atoms with E-state index in [0.29, 0.717) is 38.5 Å². The number of hydrogen-bond acceptors (Lipinski definition) is 4. The van der Waals surface area contributed by atoms with Crippen LogP contribution in [0.15, 0.2) is 42.5 Å². The highest BCUT2D eigenvalue weighted by Gasteiger charge is 2.24. The summed E-state index contributed by atoms with van der Waals surface area (Å²) in [7, 11) is 0. The molecule has 2 aliphatic heterocycles. The van der Waals surface area contributed by atoms with E-state index in [9.17, 15) is 9.59 Å². The molecule has 0 saturated carbocycles. The van der Waals surface area contributed by atoms with Gasteiger partial charge in [0.05, 0.1) is 6.42 Å².